The Morgan fingerprint density at radius 1 is 0.950 bits per heavy atom. The van der Waals surface area contributed by atoms with Crippen LogP contribution in [0.25, 0.3) is 0 Å². The van der Waals surface area contributed by atoms with Gasteiger partial charge in [-0.1, -0.05) is 24.3 Å². The number of halogens is 7. The van der Waals surface area contributed by atoms with Crippen LogP contribution in [-0.2, 0) is 12.0 Å². The maximum atomic E-state index is 13.7. The van der Waals surface area contributed by atoms with Crippen LogP contribution in [0.1, 0.15) is 17.5 Å². The van der Waals surface area contributed by atoms with E-state index in [4.69, 9.17) is 0 Å². The summed E-state index contributed by atoms with van der Waals surface area (Å²) in [4.78, 5) is 0. The maximum absolute atomic E-state index is 13.7. The van der Waals surface area contributed by atoms with E-state index in [-0.39, 0.29) is 12.0 Å². The van der Waals surface area contributed by atoms with E-state index >= 15 is 0 Å². The molecular weight excluding hydrogens is 293 g/mol. The summed E-state index contributed by atoms with van der Waals surface area (Å²) in [5.74, 6) is -12.0. The molecule has 0 saturated carbocycles. The van der Waals surface area contributed by atoms with Crippen LogP contribution in [0.15, 0.2) is 24.3 Å². The molecule has 0 radical (unpaired) electrons. The molecule has 1 N–H and O–H groups in total. The molecule has 8 heteroatoms. The molecule has 1 aromatic carbocycles. The fraction of sp³-hybridized carbons (Fsp3) is 0.500. The highest BCUT2D eigenvalue weighted by Gasteiger charge is 2.80. The first-order valence-corrected chi connectivity index (χ1v) is 5.58. The van der Waals surface area contributed by atoms with Gasteiger partial charge in [0.15, 0.2) is 5.60 Å². The molecule has 0 spiro atoms. The first kappa shape index (κ1) is 15.1. The summed E-state index contributed by atoms with van der Waals surface area (Å²) in [7, 11) is 0. The number of aryl methyl sites for hydroxylation is 1. The average Bonchev–Trinajstić information content (AvgIpc) is 2.68. The van der Waals surface area contributed by atoms with Crippen molar-refractivity contribution in [2.45, 2.75) is 36.5 Å². The molecule has 1 aliphatic carbocycles. The summed E-state index contributed by atoms with van der Waals surface area (Å²) in [6.07, 6.45) is -7.55. The zero-order chi connectivity index (χ0) is 15.4. The number of benzene rings is 1. The van der Waals surface area contributed by atoms with E-state index in [0.717, 1.165) is 6.07 Å². The van der Waals surface area contributed by atoms with Gasteiger partial charge in [-0.15, -0.1) is 0 Å². The van der Waals surface area contributed by atoms with E-state index in [2.05, 4.69) is 0 Å². The summed E-state index contributed by atoms with van der Waals surface area (Å²) in [6.45, 7) is 0. The third kappa shape index (κ3) is 1.73. The van der Waals surface area contributed by atoms with Crippen LogP contribution in [0.3, 0.4) is 0 Å². The maximum Gasteiger partial charge on any atom is 0.460 e. The second-order valence-corrected chi connectivity index (χ2v) is 4.66. The van der Waals surface area contributed by atoms with Gasteiger partial charge in [-0.3, -0.25) is 0 Å². The molecule has 2 rings (SSSR count). The van der Waals surface area contributed by atoms with Gasteiger partial charge in [0.2, 0.25) is 0 Å². The third-order valence-electron chi connectivity index (χ3n) is 3.49. The average molecular weight is 302 g/mol. The van der Waals surface area contributed by atoms with Gasteiger partial charge in [-0.2, -0.15) is 30.7 Å². The molecule has 1 atom stereocenters. The highest BCUT2D eigenvalue weighted by molar-refractivity contribution is 5.40. The molecule has 1 nitrogen and oxygen atoms in total. The first-order valence-electron chi connectivity index (χ1n) is 5.58. The van der Waals surface area contributed by atoms with E-state index < -0.39 is 35.6 Å². The highest BCUT2D eigenvalue weighted by atomic mass is 19.4. The Labute approximate surface area is 109 Å². The minimum atomic E-state index is -6.45. The number of rotatable bonds is 2. The Hall–Kier alpha value is -1.31. The molecule has 20 heavy (non-hydrogen) atoms. The molecule has 0 aliphatic heterocycles. The van der Waals surface area contributed by atoms with Gasteiger partial charge < -0.3 is 5.11 Å². The van der Waals surface area contributed by atoms with E-state index in [1.54, 1.807) is 0 Å². The lowest BCUT2D eigenvalue weighted by atomic mass is 9.85. The lowest BCUT2D eigenvalue weighted by Gasteiger charge is -2.38. The minimum Gasteiger partial charge on any atom is -0.379 e. The van der Waals surface area contributed by atoms with Crippen LogP contribution in [-0.4, -0.2) is 23.1 Å². The van der Waals surface area contributed by atoms with E-state index in [0.29, 0.717) is 0 Å². The molecule has 0 aromatic heterocycles. The van der Waals surface area contributed by atoms with Crippen molar-refractivity contribution in [3.63, 3.8) is 0 Å². The second-order valence-electron chi connectivity index (χ2n) is 4.66. The van der Waals surface area contributed by atoms with Gasteiger partial charge in [0.1, 0.15) is 0 Å². The van der Waals surface area contributed by atoms with Crippen molar-refractivity contribution in [1.29, 1.82) is 0 Å². The van der Waals surface area contributed by atoms with Crippen LogP contribution < -0.4 is 0 Å². The lowest BCUT2D eigenvalue weighted by molar-refractivity contribution is -0.390. The van der Waals surface area contributed by atoms with Crippen molar-refractivity contribution in [2.75, 3.05) is 0 Å². The molecule has 1 aliphatic rings. The quantitative estimate of drug-likeness (QED) is 0.827. The highest BCUT2D eigenvalue weighted by Crippen LogP contribution is 2.57. The summed E-state index contributed by atoms with van der Waals surface area (Å²) in [5.41, 5.74) is -4.00. The normalized spacial score (nSPS) is 23.8. The number of alkyl halides is 7. The summed E-state index contributed by atoms with van der Waals surface area (Å²) in [5, 5.41) is 9.84. The molecule has 0 bridgehead atoms. The molecule has 0 saturated heterocycles. The van der Waals surface area contributed by atoms with Crippen LogP contribution in [0.2, 0.25) is 0 Å². The molecule has 112 valence electrons. The number of fused-ring (bicyclic) bond motifs is 1. The number of aliphatic hydroxyl groups is 1. The predicted octanol–water partition coefficient (Wildman–Crippen LogP) is 3.65. The second kappa shape index (κ2) is 4.09. The minimum absolute atomic E-state index is 0.132. The van der Waals surface area contributed by atoms with Crippen molar-refractivity contribution in [2.24, 2.45) is 0 Å². The molecule has 0 heterocycles. The van der Waals surface area contributed by atoms with E-state index in [1.165, 1.54) is 18.2 Å². The Bertz CT molecular complexity index is 523. The molecule has 1 unspecified atom stereocenters. The lowest BCUT2D eigenvalue weighted by Crippen LogP contribution is -2.61. The van der Waals surface area contributed by atoms with Crippen molar-refractivity contribution >= 4 is 0 Å². The van der Waals surface area contributed by atoms with E-state index in [1.807, 2.05) is 0 Å². The molecular formula is C12H9F7O. The van der Waals surface area contributed by atoms with Gasteiger partial charge in [0.05, 0.1) is 0 Å². The fourth-order valence-corrected chi connectivity index (χ4v) is 2.36. The van der Waals surface area contributed by atoms with Crippen LogP contribution >= 0.6 is 0 Å². The number of hydrogen-bond donors (Lipinski definition) is 1. The van der Waals surface area contributed by atoms with Crippen molar-refractivity contribution < 1.29 is 35.8 Å². The fourth-order valence-electron chi connectivity index (χ4n) is 2.36. The Morgan fingerprint density at radius 2 is 1.50 bits per heavy atom. The smallest absolute Gasteiger partial charge is 0.379 e. The van der Waals surface area contributed by atoms with Crippen LogP contribution in [0.4, 0.5) is 30.7 Å². The van der Waals surface area contributed by atoms with Crippen LogP contribution in [0, 0.1) is 0 Å². The van der Waals surface area contributed by atoms with Crippen molar-refractivity contribution in [3.8, 4) is 0 Å². The molecule has 1 aromatic rings. The summed E-state index contributed by atoms with van der Waals surface area (Å²) < 4.78 is 90.2. The monoisotopic (exact) mass is 302 g/mol. The van der Waals surface area contributed by atoms with Gasteiger partial charge in [-0.05, 0) is 24.0 Å². The first-order chi connectivity index (χ1) is 8.95. The zero-order valence-corrected chi connectivity index (χ0v) is 9.82. The van der Waals surface area contributed by atoms with Crippen LogP contribution in [0.5, 0.6) is 0 Å². The van der Waals surface area contributed by atoms with Gasteiger partial charge >= 0.3 is 18.0 Å². The van der Waals surface area contributed by atoms with Gasteiger partial charge in [0.25, 0.3) is 0 Å². The Kier molecular flexibility index (Phi) is 3.09. The zero-order valence-electron chi connectivity index (χ0n) is 9.82. The summed E-state index contributed by atoms with van der Waals surface area (Å²) in [6, 6.07) is 4.85. The summed E-state index contributed by atoms with van der Waals surface area (Å²) >= 11 is 0. The van der Waals surface area contributed by atoms with Gasteiger partial charge in [0, 0.05) is 0 Å². The van der Waals surface area contributed by atoms with E-state index in [9.17, 15) is 35.8 Å². The van der Waals surface area contributed by atoms with Crippen molar-refractivity contribution in [1.82, 2.24) is 0 Å². The number of hydrogen-bond acceptors (Lipinski definition) is 1. The Morgan fingerprint density at radius 3 is 2.05 bits per heavy atom. The van der Waals surface area contributed by atoms with Gasteiger partial charge in [-0.25, -0.2) is 0 Å². The predicted molar refractivity (Wildman–Crippen MR) is 54.6 cm³/mol. The largest absolute Gasteiger partial charge is 0.460 e. The SMILES string of the molecule is OC1(C(F)(F)C(F)(F)C(F)(F)F)CCc2ccccc21. The molecule has 0 fully saturated rings. The molecule has 0 amide bonds. The van der Waals surface area contributed by atoms with Crippen molar-refractivity contribution in [3.05, 3.63) is 35.4 Å². The Balaban J connectivity index is 2.56. The third-order valence-corrected chi connectivity index (χ3v) is 3.49. The topological polar surface area (TPSA) is 20.2 Å². The standard InChI is InChI=1S/C12H9F7O/c13-10(14,11(15,16)12(17,18)19)9(20)6-5-7-3-1-2-4-8(7)9/h1-4,20H,5-6H2.